The molecule has 6 bridgehead atoms. The van der Waals surface area contributed by atoms with Gasteiger partial charge >= 0.3 is 23.2 Å². The van der Waals surface area contributed by atoms with Crippen molar-refractivity contribution in [2.45, 2.75) is 0 Å². The van der Waals surface area contributed by atoms with Crippen LogP contribution in [-0.2, 0) is 4.74 Å². The molecule has 0 N–H and O–H groups in total. The fraction of sp³-hybridized carbons (Fsp3) is 0. The van der Waals surface area contributed by atoms with E-state index < -0.39 is 45.7 Å². The Bertz CT molecular complexity index is 970. The maximum Gasteiger partial charge on any atom is 0.384 e. The summed E-state index contributed by atoms with van der Waals surface area (Å²) < 4.78 is 18.8. The zero-order chi connectivity index (χ0) is 14.0. The molecule has 0 radical (unpaired) electrons. The van der Waals surface area contributed by atoms with Gasteiger partial charge < -0.3 is 18.0 Å². The standard InChI is InChI=1S/C10N2O8/c13-7-1-3-9(15)20-10(16)4-2(8(14)19-7)12-6(18-4)5(11-1)17-3. The van der Waals surface area contributed by atoms with Crippen LogP contribution in [0.15, 0.2) is 22.8 Å². The first-order chi connectivity index (χ1) is 9.54. The number of fused-ring (bicyclic) bond motifs is 6. The molecule has 0 saturated carbocycles. The Hall–Kier alpha value is -3.30. The zero-order valence-corrected chi connectivity index (χ0v) is 9.16. The first kappa shape index (κ1) is 10.6. The Morgan fingerprint density at radius 2 is 1.10 bits per heavy atom. The summed E-state index contributed by atoms with van der Waals surface area (Å²) in [6.07, 6.45) is 0. The SMILES string of the molecule is O=C1OC(=O)c2nc3oc2c(=O)oc(=O)c2oc3nc21. The molecule has 3 aromatic rings. The van der Waals surface area contributed by atoms with Crippen molar-refractivity contribution in [3.8, 4) is 0 Å². The molecule has 3 aromatic heterocycles. The lowest BCUT2D eigenvalue weighted by molar-refractivity contribution is 0.0392. The summed E-state index contributed by atoms with van der Waals surface area (Å²) in [6, 6.07) is 0. The van der Waals surface area contributed by atoms with Crippen molar-refractivity contribution in [1.29, 1.82) is 0 Å². The van der Waals surface area contributed by atoms with Gasteiger partial charge in [-0.2, -0.15) is 9.97 Å². The molecule has 0 spiro atoms. The molecule has 0 amide bonds. The Morgan fingerprint density at radius 1 is 0.650 bits per heavy atom. The molecule has 0 aliphatic carbocycles. The van der Waals surface area contributed by atoms with Crippen molar-refractivity contribution in [3.05, 3.63) is 32.2 Å². The van der Waals surface area contributed by atoms with E-state index in [1.54, 1.807) is 0 Å². The summed E-state index contributed by atoms with van der Waals surface area (Å²) in [5, 5.41) is 0. The fourth-order valence-electron chi connectivity index (χ4n) is 1.73. The lowest BCUT2D eigenvalue weighted by atomic mass is 10.4. The number of cyclic esters (lactones) is 2. The first-order valence-corrected chi connectivity index (χ1v) is 5.09. The van der Waals surface area contributed by atoms with Crippen molar-refractivity contribution in [3.63, 3.8) is 0 Å². The minimum absolute atomic E-state index is 0.346. The maximum atomic E-state index is 11.7. The second kappa shape index (κ2) is 3.17. The molecule has 0 aromatic carbocycles. The number of hydrogen-bond donors (Lipinski definition) is 0. The van der Waals surface area contributed by atoms with E-state index in [2.05, 4.69) is 19.1 Å². The third kappa shape index (κ3) is 1.16. The van der Waals surface area contributed by atoms with Crippen LogP contribution in [-0.4, -0.2) is 21.9 Å². The predicted molar refractivity (Wildman–Crippen MR) is 56.1 cm³/mol. The van der Waals surface area contributed by atoms with Gasteiger partial charge in [-0.05, 0) is 0 Å². The van der Waals surface area contributed by atoms with E-state index in [-0.39, 0.29) is 11.4 Å². The molecule has 1 aliphatic heterocycles. The third-order valence-corrected chi connectivity index (χ3v) is 2.57. The monoisotopic (exact) mass is 276 g/mol. The van der Waals surface area contributed by atoms with Gasteiger partial charge in [-0.25, -0.2) is 19.2 Å². The summed E-state index contributed by atoms with van der Waals surface area (Å²) in [5.74, 6) is -2.44. The van der Waals surface area contributed by atoms with Gasteiger partial charge in [0.1, 0.15) is 0 Å². The van der Waals surface area contributed by atoms with Gasteiger partial charge in [-0.15, -0.1) is 0 Å². The van der Waals surface area contributed by atoms with Gasteiger partial charge in [0, 0.05) is 0 Å². The van der Waals surface area contributed by atoms with Crippen LogP contribution in [0.4, 0.5) is 0 Å². The van der Waals surface area contributed by atoms with Gasteiger partial charge in [-0.1, -0.05) is 0 Å². The Kier molecular flexibility index (Phi) is 1.68. The molecule has 0 fully saturated rings. The topological polar surface area (TPSA) is 143 Å². The highest BCUT2D eigenvalue weighted by Crippen LogP contribution is 2.21. The van der Waals surface area contributed by atoms with Crippen LogP contribution in [0.25, 0.3) is 22.6 Å². The van der Waals surface area contributed by atoms with Crippen molar-refractivity contribution >= 4 is 34.5 Å². The van der Waals surface area contributed by atoms with Crippen LogP contribution in [0.3, 0.4) is 0 Å². The van der Waals surface area contributed by atoms with E-state index in [0.29, 0.717) is 0 Å². The molecule has 0 atom stereocenters. The molecule has 20 heavy (non-hydrogen) atoms. The van der Waals surface area contributed by atoms with Crippen LogP contribution in [0.5, 0.6) is 0 Å². The number of esters is 2. The highest BCUT2D eigenvalue weighted by atomic mass is 16.6. The lowest BCUT2D eigenvalue weighted by Gasteiger charge is -1.97. The van der Waals surface area contributed by atoms with E-state index in [9.17, 15) is 19.2 Å². The minimum Gasteiger partial charge on any atom is -0.424 e. The van der Waals surface area contributed by atoms with Crippen LogP contribution in [0.1, 0.15) is 21.0 Å². The molecule has 4 heterocycles. The zero-order valence-electron chi connectivity index (χ0n) is 9.16. The molecule has 1 aliphatic rings. The molecule has 0 saturated heterocycles. The van der Waals surface area contributed by atoms with E-state index in [1.165, 1.54) is 0 Å². The molecule has 0 unspecified atom stereocenters. The van der Waals surface area contributed by atoms with Gasteiger partial charge in [0.05, 0.1) is 0 Å². The van der Waals surface area contributed by atoms with Gasteiger partial charge in [-0.3, -0.25) is 0 Å². The number of ether oxygens (including phenoxy) is 1. The van der Waals surface area contributed by atoms with Crippen LogP contribution in [0.2, 0.25) is 0 Å². The number of carbonyl (C=O) groups excluding carboxylic acids is 2. The highest BCUT2D eigenvalue weighted by Gasteiger charge is 2.31. The summed E-state index contributed by atoms with van der Waals surface area (Å²) in [4.78, 5) is 54.1. The normalized spacial score (nSPS) is 14.0. The smallest absolute Gasteiger partial charge is 0.384 e. The first-order valence-electron chi connectivity index (χ1n) is 5.09. The Balaban J connectivity index is 2.47. The number of hydrogen-bond acceptors (Lipinski definition) is 10. The largest absolute Gasteiger partial charge is 0.424 e. The van der Waals surface area contributed by atoms with Crippen molar-refractivity contribution in [2.24, 2.45) is 0 Å². The average molecular weight is 276 g/mol. The molecular formula is C10N2O8. The number of carbonyl (C=O) groups is 2. The minimum atomic E-state index is -1.25. The second-order valence-corrected chi connectivity index (χ2v) is 3.75. The average Bonchev–Trinajstić information content (AvgIpc) is 3.01. The summed E-state index contributed by atoms with van der Waals surface area (Å²) in [7, 11) is 0. The third-order valence-electron chi connectivity index (χ3n) is 2.57. The summed E-state index contributed by atoms with van der Waals surface area (Å²) in [6.45, 7) is 0. The molecule has 10 nitrogen and oxygen atoms in total. The molecule has 10 heteroatoms. The predicted octanol–water partition coefficient (Wildman–Crippen LogP) is -0.407. The fourth-order valence-corrected chi connectivity index (χ4v) is 1.73. The van der Waals surface area contributed by atoms with Crippen LogP contribution in [0, 0.1) is 0 Å². The highest BCUT2D eigenvalue weighted by molar-refractivity contribution is 6.07. The second-order valence-electron chi connectivity index (χ2n) is 3.75. The Morgan fingerprint density at radius 3 is 1.55 bits per heavy atom. The van der Waals surface area contributed by atoms with Crippen molar-refractivity contribution < 1.29 is 27.6 Å². The van der Waals surface area contributed by atoms with Crippen LogP contribution < -0.4 is 11.3 Å². The van der Waals surface area contributed by atoms with Crippen LogP contribution >= 0.6 is 0 Å². The van der Waals surface area contributed by atoms with Crippen molar-refractivity contribution in [1.82, 2.24) is 9.97 Å². The number of nitrogens with zero attached hydrogens (tertiary/aromatic N) is 2. The van der Waals surface area contributed by atoms with Gasteiger partial charge in [0.25, 0.3) is 11.4 Å². The van der Waals surface area contributed by atoms with E-state index in [1.807, 2.05) is 0 Å². The van der Waals surface area contributed by atoms with E-state index in [4.69, 9.17) is 8.83 Å². The Labute approximate surface area is 105 Å². The number of rotatable bonds is 0. The van der Waals surface area contributed by atoms with E-state index in [0.717, 1.165) is 0 Å². The lowest BCUT2D eigenvalue weighted by Crippen LogP contribution is -2.19. The number of aromatic nitrogens is 2. The quantitative estimate of drug-likeness (QED) is 0.392. The number of oxazole rings is 2. The van der Waals surface area contributed by atoms with Crippen molar-refractivity contribution in [2.75, 3.05) is 0 Å². The molecule has 4 rings (SSSR count). The molecule has 98 valence electrons. The van der Waals surface area contributed by atoms with E-state index >= 15 is 0 Å². The summed E-state index contributed by atoms with van der Waals surface area (Å²) in [5.41, 5.74) is -5.75. The summed E-state index contributed by atoms with van der Waals surface area (Å²) >= 11 is 0. The maximum absolute atomic E-state index is 11.7. The van der Waals surface area contributed by atoms with Gasteiger partial charge in [0.2, 0.25) is 22.6 Å². The molecular weight excluding hydrogens is 276 g/mol. The van der Waals surface area contributed by atoms with Gasteiger partial charge in [0.15, 0.2) is 0 Å².